The van der Waals surface area contributed by atoms with Gasteiger partial charge < -0.3 is 15.0 Å². The maximum Gasteiger partial charge on any atom is 0.261 e. The van der Waals surface area contributed by atoms with Crippen molar-refractivity contribution in [3.05, 3.63) is 76.3 Å². The van der Waals surface area contributed by atoms with Gasteiger partial charge in [0.1, 0.15) is 11.8 Å². The first kappa shape index (κ1) is 22.8. The SMILES string of the molecule is CC[C@H](C(=O)NC)N(Cc1ccccc1C)C(=O)COc1ccc2ccccc2c1Br. The van der Waals surface area contributed by atoms with E-state index >= 15 is 0 Å². The number of carbonyl (C=O) groups is 2. The number of nitrogens with zero attached hydrogens (tertiary/aromatic N) is 1. The summed E-state index contributed by atoms with van der Waals surface area (Å²) < 4.78 is 6.70. The van der Waals surface area contributed by atoms with Crippen LogP contribution < -0.4 is 10.1 Å². The number of benzene rings is 3. The Morgan fingerprint density at radius 1 is 1.06 bits per heavy atom. The molecule has 2 amide bonds. The number of amides is 2. The van der Waals surface area contributed by atoms with Gasteiger partial charge in [-0.2, -0.15) is 0 Å². The number of ether oxygens (including phenoxy) is 1. The molecule has 0 unspecified atom stereocenters. The smallest absolute Gasteiger partial charge is 0.261 e. The van der Waals surface area contributed by atoms with Gasteiger partial charge >= 0.3 is 0 Å². The van der Waals surface area contributed by atoms with E-state index in [0.29, 0.717) is 18.7 Å². The molecule has 6 heteroatoms. The van der Waals surface area contributed by atoms with Crippen LogP contribution in [0.15, 0.2) is 65.1 Å². The van der Waals surface area contributed by atoms with Gasteiger partial charge in [0.2, 0.25) is 5.91 Å². The van der Waals surface area contributed by atoms with Crippen molar-refractivity contribution in [1.82, 2.24) is 10.2 Å². The third-order valence-electron chi connectivity index (χ3n) is 5.41. The first-order valence-corrected chi connectivity index (χ1v) is 11.1. The predicted molar refractivity (Wildman–Crippen MR) is 127 cm³/mol. The molecule has 0 aliphatic rings. The van der Waals surface area contributed by atoms with Gasteiger partial charge in [-0.15, -0.1) is 0 Å². The van der Waals surface area contributed by atoms with Crippen LogP contribution in [0, 0.1) is 6.92 Å². The summed E-state index contributed by atoms with van der Waals surface area (Å²) in [6, 6.07) is 19.1. The Kier molecular flexibility index (Phi) is 7.69. The molecule has 1 atom stereocenters. The summed E-state index contributed by atoms with van der Waals surface area (Å²) in [5, 5.41) is 4.77. The molecule has 1 N–H and O–H groups in total. The fourth-order valence-electron chi connectivity index (χ4n) is 3.60. The van der Waals surface area contributed by atoms with E-state index in [1.807, 2.05) is 74.5 Å². The number of likely N-dealkylation sites (N-methyl/N-ethyl adjacent to an activating group) is 1. The standard InChI is InChI=1S/C25H27BrN2O3/c1-4-21(25(30)27-3)28(15-19-11-6-5-9-17(19)2)23(29)16-31-22-14-13-18-10-7-8-12-20(18)24(22)26/h5-14,21H,4,15-16H2,1-3H3,(H,27,30)/t21-/m1/s1. The van der Waals surface area contributed by atoms with E-state index in [9.17, 15) is 9.59 Å². The lowest BCUT2D eigenvalue weighted by Gasteiger charge is -2.30. The van der Waals surface area contributed by atoms with Gasteiger partial charge in [0.05, 0.1) is 4.47 Å². The summed E-state index contributed by atoms with van der Waals surface area (Å²) in [7, 11) is 1.59. The summed E-state index contributed by atoms with van der Waals surface area (Å²) >= 11 is 3.60. The number of rotatable bonds is 8. The van der Waals surface area contributed by atoms with Crippen molar-refractivity contribution in [2.45, 2.75) is 32.9 Å². The second-order valence-electron chi connectivity index (χ2n) is 7.37. The van der Waals surface area contributed by atoms with Crippen LogP contribution in [0.3, 0.4) is 0 Å². The molecular weight excluding hydrogens is 456 g/mol. The molecule has 3 rings (SSSR count). The van der Waals surface area contributed by atoms with Gasteiger partial charge in [-0.05, 0) is 57.2 Å². The minimum Gasteiger partial charge on any atom is -0.483 e. The Balaban J connectivity index is 1.83. The van der Waals surface area contributed by atoms with Crippen molar-refractivity contribution in [3.63, 3.8) is 0 Å². The van der Waals surface area contributed by atoms with Crippen LogP contribution in [0.5, 0.6) is 5.75 Å². The Morgan fingerprint density at radius 3 is 2.48 bits per heavy atom. The Bertz CT molecular complexity index is 1080. The summed E-state index contributed by atoms with van der Waals surface area (Å²) in [5.74, 6) is 0.172. The van der Waals surface area contributed by atoms with Crippen LogP contribution in [-0.2, 0) is 16.1 Å². The molecular formula is C25H27BrN2O3. The van der Waals surface area contributed by atoms with Crippen LogP contribution in [0.2, 0.25) is 0 Å². The second-order valence-corrected chi connectivity index (χ2v) is 8.17. The van der Waals surface area contributed by atoms with Gasteiger partial charge in [-0.25, -0.2) is 0 Å². The minimum absolute atomic E-state index is 0.156. The highest BCUT2D eigenvalue weighted by molar-refractivity contribution is 9.10. The number of halogens is 1. The zero-order valence-corrected chi connectivity index (χ0v) is 19.6. The van der Waals surface area contributed by atoms with Crippen molar-refractivity contribution >= 4 is 38.5 Å². The molecule has 0 saturated heterocycles. The zero-order chi connectivity index (χ0) is 22.4. The second kappa shape index (κ2) is 10.4. The molecule has 0 bridgehead atoms. The molecule has 162 valence electrons. The largest absolute Gasteiger partial charge is 0.483 e. The van der Waals surface area contributed by atoms with Crippen LogP contribution in [0.25, 0.3) is 10.8 Å². The summed E-state index contributed by atoms with van der Waals surface area (Å²) in [6.45, 7) is 4.09. The number of hydrogen-bond acceptors (Lipinski definition) is 3. The quantitative estimate of drug-likeness (QED) is 0.499. The molecule has 3 aromatic rings. The summed E-state index contributed by atoms with van der Waals surface area (Å²) in [5.41, 5.74) is 2.08. The fourth-order valence-corrected chi connectivity index (χ4v) is 4.21. The number of hydrogen-bond donors (Lipinski definition) is 1. The van der Waals surface area contributed by atoms with Crippen LogP contribution in [-0.4, -0.2) is 36.4 Å². The van der Waals surface area contributed by atoms with E-state index in [1.165, 1.54) is 0 Å². The molecule has 5 nitrogen and oxygen atoms in total. The van der Waals surface area contributed by atoms with Crippen molar-refractivity contribution < 1.29 is 14.3 Å². The number of aryl methyl sites for hydroxylation is 1. The molecule has 3 aromatic carbocycles. The number of fused-ring (bicyclic) bond motifs is 1. The predicted octanol–water partition coefficient (Wildman–Crippen LogP) is 4.84. The summed E-state index contributed by atoms with van der Waals surface area (Å²) in [6.07, 6.45) is 0.511. The molecule has 0 spiro atoms. The van der Waals surface area contributed by atoms with E-state index in [-0.39, 0.29) is 18.4 Å². The Hall–Kier alpha value is -2.86. The molecule has 0 heterocycles. The average molecular weight is 483 g/mol. The zero-order valence-electron chi connectivity index (χ0n) is 18.0. The first-order valence-electron chi connectivity index (χ1n) is 10.3. The highest BCUT2D eigenvalue weighted by atomic mass is 79.9. The minimum atomic E-state index is -0.569. The lowest BCUT2D eigenvalue weighted by Crippen LogP contribution is -2.49. The Morgan fingerprint density at radius 2 is 1.77 bits per heavy atom. The highest BCUT2D eigenvalue weighted by Crippen LogP contribution is 2.33. The van der Waals surface area contributed by atoms with Crippen molar-refractivity contribution in [2.24, 2.45) is 0 Å². The van der Waals surface area contributed by atoms with Crippen molar-refractivity contribution in [1.29, 1.82) is 0 Å². The van der Waals surface area contributed by atoms with E-state index in [2.05, 4.69) is 21.2 Å². The highest BCUT2D eigenvalue weighted by Gasteiger charge is 2.28. The maximum absolute atomic E-state index is 13.2. The molecule has 0 radical (unpaired) electrons. The normalized spacial score (nSPS) is 11.7. The third kappa shape index (κ3) is 5.25. The lowest BCUT2D eigenvalue weighted by atomic mass is 10.1. The van der Waals surface area contributed by atoms with E-state index in [4.69, 9.17) is 4.74 Å². The average Bonchev–Trinajstić information content (AvgIpc) is 2.79. The Labute approximate surface area is 191 Å². The van der Waals surface area contributed by atoms with E-state index < -0.39 is 6.04 Å². The third-order valence-corrected chi connectivity index (χ3v) is 6.23. The van der Waals surface area contributed by atoms with Crippen molar-refractivity contribution in [2.75, 3.05) is 13.7 Å². The summed E-state index contributed by atoms with van der Waals surface area (Å²) in [4.78, 5) is 27.3. The topological polar surface area (TPSA) is 58.6 Å². The monoisotopic (exact) mass is 482 g/mol. The maximum atomic E-state index is 13.2. The molecule has 0 aliphatic heterocycles. The van der Waals surface area contributed by atoms with Gasteiger partial charge in [-0.1, -0.05) is 61.5 Å². The number of nitrogens with one attached hydrogen (secondary N) is 1. The molecule has 0 aliphatic carbocycles. The van der Waals surface area contributed by atoms with Gasteiger partial charge in [-0.3, -0.25) is 9.59 Å². The first-order chi connectivity index (χ1) is 15.0. The molecule has 0 aromatic heterocycles. The molecule has 0 saturated carbocycles. The van der Waals surface area contributed by atoms with Gasteiger partial charge in [0.25, 0.3) is 5.91 Å². The lowest BCUT2D eigenvalue weighted by molar-refractivity contribution is -0.142. The van der Waals surface area contributed by atoms with Crippen LogP contribution >= 0.6 is 15.9 Å². The van der Waals surface area contributed by atoms with E-state index in [1.54, 1.807) is 11.9 Å². The molecule has 0 fully saturated rings. The molecule has 31 heavy (non-hydrogen) atoms. The van der Waals surface area contributed by atoms with E-state index in [0.717, 1.165) is 26.4 Å². The van der Waals surface area contributed by atoms with Crippen LogP contribution in [0.1, 0.15) is 24.5 Å². The van der Waals surface area contributed by atoms with Crippen LogP contribution in [0.4, 0.5) is 0 Å². The fraction of sp³-hybridized carbons (Fsp3) is 0.280. The van der Waals surface area contributed by atoms with Gasteiger partial charge in [0, 0.05) is 13.6 Å². The number of carbonyl (C=O) groups excluding carboxylic acids is 2. The van der Waals surface area contributed by atoms with Crippen molar-refractivity contribution in [3.8, 4) is 5.75 Å². The van der Waals surface area contributed by atoms with Gasteiger partial charge in [0.15, 0.2) is 6.61 Å².